The van der Waals surface area contributed by atoms with E-state index in [-0.39, 0.29) is 16.2 Å². The molecule has 4 heteroatoms. The Morgan fingerprint density at radius 2 is 1.68 bits per heavy atom. The Balaban J connectivity index is 2.63. The van der Waals surface area contributed by atoms with E-state index in [2.05, 4.69) is 0 Å². The molecule has 0 radical (unpaired) electrons. The van der Waals surface area contributed by atoms with Crippen LogP contribution in [0, 0.1) is 23.0 Å². The number of benzene rings is 2. The van der Waals surface area contributed by atoms with Crippen LogP contribution >= 0.6 is 11.6 Å². The summed E-state index contributed by atoms with van der Waals surface area (Å²) in [6.07, 6.45) is 0. The van der Waals surface area contributed by atoms with Crippen molar-refractivity contribution < 1.29 is 8.78 Å². The maximum atomic E-state index is 13.7. The lowest BCUT2D eigenvalue weighted by Gasteiger charge is -2.06. The predicted molar refractivity (Wildman–Crippen MR) is 71.1 cm³/mol. The smallest absolute Gasteiger partial charge is 0.167 e. The molecular weight excluding hydrogens is 268 g/mol. The molecule has 2 rings (SSSR count). The van der Waals surface area contributed by atoms with Gasteiger partial charge in [0.2, 0.25) is 0 Å². The highest BCUT2D eigenvalue weighted by molar-refractivity contribution is 6.53. The first-order valence-electron chi connectivity index (χ1n) is 5.45. The van der Waals surface area contributed by atoms with Crippen molar-refractivity contribution in [1.29, 1.82) is 5.26 Å². The van der Waals surface area contributed by atoms with Gasteiger partial charge in [-0.15, -0.1) is 0 Å². The zero-order chi connectivity index (χ0) is 13.8. The van der Waals surface area contributed by atoms with Crippen molar-refractivity contribution in [2.45, 2.75) is 0 Å². The molecule has 0 atom stereocenters. The average Bonchev–Trinajstić information content (AvgIpc) is 2.44. The van der Waals surface area contributed by atoms with E-state index in [0.29, 0.717) is 5.56 Å². The summed E-state index contributed by atoms with van der Waals surface area (Å²) in [5.41, 5.74) is 0.535. The second kappa shape index (κ2) is 5.64. The number of halogens is 3. The minimum Gasteiger partial charge on any atom is -0.204 e. The standard InChI is InChI=1S/C15H8ClF2N/c16-14(11-7-4-8-13(17)15(11)18)12(9-19)10-5-2-1-3-6-10/h1-8H. The quantitative estimate of drug-likeness (QED) is 0.581. The molecular formula is C15H8ClF2N. The number of nitrogens with zero attached hydrogens (tertiary/aromatic N) is 1. The summed E-state index contributed by atoms with van der Waals surface area (Å²) < 4.78 is 26.8. The van der Waals surface area contributed by atoms with Crippen LogP contribution in [0.15, 0.2) is 48.5 Å². The van der Waals surface area contributed by atoms with E-state index in [1.807, 2.05) is 6.07 Å². The molecule has 94 valence electrons. The Kier molecular flexibility index (Phi) is 3.94. The van der Waals surface area contributed by atoms with E-state index in [0.717, 1.165) is 6.07 Å². The lowest BCUT2D eigenvalue weighted by molar-refractivity contribution is 0.507. The number of allylic oxidation sites excluding steroid dienone is 1. The molecule has 0 saturated heterocycles. The number of rotatable bonds is 2. The van der Waals surface area contributed by atoms with Gasteiger partial charge in [-0.3, -0.25) is 0 Å². The monoisotopic (exact) mass is 275 g/mol. The van der Waals surface area contributed by atoms with Gasteiger partial charge >= 0.3 is 0 Å². The highest BCUT2D eigenvalue weighted by Crippen LogP contribution is 2.31. The number of nitriles is 1. The SMILES string of the molecule is N#CC(=C(Cl)c1cccc(F)c1F)c1ccccc1. The molecule has 2 aromatic rings. The molecule has 2 aromatic carbocycles. The molecule has 0 saturated carbocycles. The molecule has 0 aliphatic rings. The summed E-state index contributed by atoms with van der Waals surface area (Å²) in [4.78, 5) is 0. The summed E-state index contributed by atoms with van der Waals surface area (Å²) in [6, 6.07) is 14.2. The molecule has 0 heterocycles. The molecule has 1 nitrogen and oxygen atoms in total. The van der Waals surface area contributed by atoms with Crippen molar-refractivity contribution in [3.63, 3.8) is 0 Å². The fourth-order valence-electron chi connectivity index (χ4n) is 1.65. The molecule has 0 fully saturated rings. The molecule has 0 unspecified atom stereocenters. The van der Waals surface area contributed by atoms with Gasteiger partial charge in [0.05, 0.1) is 10.6 Å². The van der Waals surface area contributed by atoms with Crippen LogP contribution in [-0.2, 0) is 0 Å². The van der Waals surface area contributed by atoms with Gasteiger partial charge in [-0.05, 0) is 11.6 Å². The van der Waals surface area contributed by atoms with Crippen molar-refractivity contribution >= 4 is 22.2 Å². The zero-order valence-corrected chi connectivity index (χ0v) is 10.5. The normalized spacial score (nSPS) is 11.7. The van der Waals surface area contributed by atoms with Crippen LogP contribution in [0.2, 0.25) is 0 Å². The first-order valence-corrected chi connectivity index (χ1v) is 5.82. The van der Waals surface area contributed by atoms with E-state index < -0.39 is 11.6 Å². The van der Waals surface area contributed by atoms with Gasteiger partial charge in [0.25, 0.3) is 0 Å². The fraction of sp³-hybridized carbons (Fsp3) is 0. The first-order chi connectivity index (χ1) is 9.15. The molecule has 0 aromatic heterocycles. The Morgan fingerprint density at radius 1 is 1.00 bits per heavy atom. The number of hydrogen-bond donors (Lipinski definition) is 0. The molecule has 0 aliphatic carbocycles. The van der Waals surface area contributed by atoms with E-state index in [1.54, 1.807) is 30.3 Å². The summed E-state index contributed by atoms with van der Waals surface area (Å²) >= 11 is 6.03. The minimum atomic E-state index is -1.06. The lowest BCUT2D eigenvalue weighted by Crippen LogP contribution is -1.93. The van der Waals surface area contributed by atoms with Crippen LogP contribution in [0.3, 0.4) is 0 Å². The molecule has 0 spiro atoms. The highest BCUT2D eigenvalue weighted by atomic mass is 35.5. The van der Waals surface area contributed by atoms with Gasteiger partial charge < -0.3 is 0 Å². The molecule has 0 bridgehead atoms. The summed E-state index contributed by atoms with van der Waals surface area (Å²) in [6.45, 7) is 0. The van der Waals surface area contributed by atoms with Crippen molar-refractivity contribution in [1.82, 2.24) is 0 Å². The van der Waals surface area contributed by atoms with Gasteiger partial charge in [0.15, 0.2) is 11.6 Å². The third-order valence-electron chi connectivity index (χ3n) is 2.58. The predicted octanol–water partition coefficient (Wildman–Crippen LogP) is 4.60. The molecule has 0 aliphatic heterocycles. The van der Waals surface area contributed by atoms with E-state index in [4.69, 9.17) is 16.9 Å². The van der Waals surface area contributed by atoms with E-state index >= 15 is 0 Å². The third kappa shape index (κ3) is 2.64. The topological polar surface area (TPSA) is 23.8 Å². The van der Waals surface area contributed by atoms with Gasteiger partial charge in [0, 0.05) is 5.56 Å². The van der Waals surface area contributed by atoms with Crippen molar-refractivity contribution in [3.8, 4) is 6.07 Å². The average molecular weight is 276 g/mol. The van der Waals surface area contributed by atoms with Gasteiger partial charge in [0.1, 0.15) is 6.07 Å². The summed E-state index contributed by atoms with van der Waals surface area (Å²) in [5.74, 6) is -2.06. The van der Waals surface area contributed by atoms with Crippen LogP contribution in [0.5, 0.6) is 0 Å². The Morgan fingerprint density at radius 3 is 2.32 bits per heavy atom. The largest absolute Gasteiger partial charge is 0.204 e. The van der Waals surface area contributed by atoms with Crippen molar-refractivity contribution in [3.05, 3.63) is 71.3 Å². The maximum absolute atomic E-state index is 13.7. The summed E-state index contributed by atoms with van der Waals surface area (Å²) in [5, 5.41) is 9.06. The molecule has 19 heavy (non-hydrogen) atoms. The Labute approximate surface area is 114 Å². The maximum Gasteiger partial charge on any atom is 0.167 e. The second-order valence-corrected chi connectivity index (χ2v) is 4.15. The summed E-state index contributed by atoms with van der Waals surface area (Å²) in [7, 11) is 0. The molecule has 0 N–H and O–H groups in total. The lowest BCUT2D eigenvalue weighted by atomic mass is 10.0. The first kappa shape index (κ1) is 13.3. The van der Waals surface area contributed by atoms with Crippen LogP contribution in [0.4, 0.5) is 8.78 Å². The Hall–Kier alpha value is -2.18. The third-order valence-corrected chi connectivity index (χ3v) is 2.97. The van der Waals surface area contributed by atoms with Gasteiger partial charge in [-0.25, -0.2) is 8.78 Å². The van der Waals surface area contributed by atoms with Gasteiger partial charge in [-0.1, -0.05) is 54.1 Å². The van der Waals surface area contributed by atoms with E-state index in [9.17, 15) is 8.78 Å². The van der Waals surface area contributed by atoms with E-state index in [1.165, 1.54) is 12.1 Å². The van der Waals surface area contributed by atoms with Crippen molar-refractivity contribution in [2.75, 3.05) is 0 Å². The Bertz CT molecular complexity index is 672. The minimum absolute atomic E-state index is 0.103. The molecule has 0 amide bonds. The van der Waals surface area contributed by atoms with Crippen LogP contribution < -0.4 is 0 Å². The van der Waals surface area contributed by atoms with Crippen LogP contribution in [-0.4, -0.2) is 0 Å². The highest BCUT2D eigenvalue weighted by Gasteiger charge is 2.15. The fourth-order valence-corrected chi connectivity index (χ4v) is 1.95. The second-order valence-electron chi connectivity index (χ2n) is 3.77. The number of hydrogen-bond acceptors (Lipinski definition) is 1. The van der Waals surface area contributed by atoms with Crippen LogP contribution in [0.25, 0.3) is 10.6 Å². The van der Waals surface area contributed by atoms with Crippen LogP contribution in [0.1, 0.15) is 11.1 Å². The van der Waals surface area contributed by atoms with Crippen molar-refractivity contribution in [2.24, 2.45) is 0 Å². The zero-order valence-electron chi connectivity index (χ0n) is 9.70. The van der Waals surface area contributed by atoms with Gasteiger partial charge in [-0.2, -0.15) is 5.26 Å².